The predicted octanol–water partition coefficient (Wildman–Crippen LogP) is 2.16. The van der Waals surface area contributed by atoms with Crippen molar-refractivity contribution in [3.63, 3.8) is 0 Å². The first-order valence-corrected chi connectivity index (χ1v) is 9.87. The summed E-state index contributed by atoms with van der Waals surface area (Å²) in [6, 6.07) is 0.154. The molecule has 0 saturated heterocycles. The third kappa shape index (κ3) is 3.71. The Labute approximate surface area is 146 Å². The number of nitrogens with two attached hydrogens (primary N) is 1. The molecule has 5 nitrogen and oxygen atoms in total. The topological polar surface area (TPSA) is 71.6 Å². The predicted molar refractivity (Wildman–Crippen MR) is 97.7 cm³/mol. The highest BCUT2D eigenvalue weighted by atomic mass is 32.1. The Kier molecular flexibility index (Phi) is 5.69. The van der Waals surface area contributed by atoms with Crippen LogP contribution in [0.25, 0.3) is 10.2 Å². The lowest BCUT2D eigenvalue weighted by molar-refractivity contribution is -0.694. The first-order valence-electron chi connectivity index (χ1n) is 9.05. The van der Waals surface area contributed by atoms with Crippen molar-refractivity contribution in [2.24, 2.45) is 5.92 Å². The third-order valence-electron chi connectivity index (χ3n) is 4.83. The van der Waals surface area contributed by atoms with Gasteiger partial charge in [0.15, 0.2) is 5.82 Å². The van der Waals surface area contributed by atoms with Gasteiger partial charge < -0.3 is 15.0 Å². The van der Waals surface area contributed by atoms with E-state index in [1.807, 2.05) is 6.92 Å². The summed E-state index contributed by atoms with van der Waals surface area (Å²) in [6.45, 7) is 8.93. The number of hydrogen-bond donors (Lipinski definition) is 2. The molecule has 0 amide bonds. The molecule has 3 rings (SSSR count). The number of hydrogen-bond acceptors (Lipinski definition) is 4. The third-order valence-corrected chi connectivity index (χ3v) is 5.98. The molecule has 2 aromatic rings. The van der Waals surface area contributed by atoms with Crippen LogP contribution < -0.4 is 10.9 Å². The molecule has 0 aromatic carbocycles. The van der Waals surface area contributed by atoms with E-state index >= 15 is 0 Å². The number of quaternary nitrogens is 1. The zero-order valence-electron chi connectivity index (χ0n) is 14.9. The maximum atomic E-state index is 12.6. The van der Waals surface area contributed by atoms with Gasteiger partial charge in [-0.1, -0.05) is 6.92 Å². The monoisotopic (exact) mass is 350 g/mol. The molecule has 3 N–H and O–H groups in total. The zero-order valence-corrected chi connectivity index (χ0v) is 15.7. The average Bonchev–Trinajstić information content (AvgIpc) is 2.92. The molecule has 0 saturated carbocycles. The van der Waals surface area contributed by atoms with Crippen LogP contribution in [0.3, 0.4) is 0 Å². The molecule has 0 fully saturated rings. The molecule has 6 heteroatoms. The highest BCUT2D eigenvalue weighted by Crippen LogP contribution is 2.35. The van der Waals surface area contributed by atoms with Crippen molar-refractivity contribution >= 4 is 21.6 Å². The smallest absolute Gasteiger partial charge is 0.260 e. The van der Waals surface area contributed by atoms with Gasteiger partial charge in [-0.15, -0.1) is 11.3 Å². The summed E-state index contributed by atoms with van der Waals surface area (Å²) < 4.78 is 5.36. The Morgan fingerprint density at radius 2 is 2.33 bits per heavy atom. The van der Waals surface area contributed by atoms with Crippen molar-refractivity contribution < 1.29 is 10.1 Å². The van der Waals surface area contributed by atoms with E-state index in [0.29, 0.717) is 5.92 Å². The number of ether oxygens (including phenoxy) is 1. The number of aromatic nitrogens is 2. The van der Waals surface area contributed by atoms with Gasteiger partial charge in [-0.3, -0.25) is 4.79 Å². The van der Waals surface area contributed by atoms with Crippen molar-refractivity contribution in [2.45, 2.75) is 52.5 Å². The van der Waals surface area contributed by atoms with E-state index in [4.69, 9.17) is 9.72 Å². The Morgan fingerprint density at radius 3 is 3.12 bits per heavy atom. The van der Waals surface area contributed by atoms with Crippen LogP contribution in [0.1, 0.15) is 55.9 Å². The Balaban J connectivity index is 1.77. The summed E-state index contributed by atoms with van der Waals surface area (Å²) in [6.07, 6.45) is 4.28. The lowest BCUT2D eigenvalue weighted by Gasteiger charge is -2.17. The van der Waals surface area contributed by atoms with Crippen LogP contribution in [0, 0.1) is 5.92 Å². The maximum Gasteiger partial charge on any atom is 0.260 e. The second-order valence-electron chi connectivity index (χ2n) is 6.85. The molecular weight excluding hydrogens is 322 g/mol. The minimum atomic E-state index is 0.0385. The molecule has 0 radical (unpaired) electrons. The number of thiophene rings is 1. The van der Waals surface area contributed by atoms with Gasteiger partial charge in [0.25, 0.3) is 5.56 Å². The quantitative estimate of drug-likeness (QED) is 0.752. The number of aryl methyl sites for hydroxylation is 1. The SMILES string of the molecule is CCOCCC[NH2+][C@H](C)c1nc2sc3c(c2c(=O)[nH]1)CC[C@@H](C)C3. The molecule has 2 heterocycles. The van der Waals surface area contributed by atoms with E-state index in [1.165, 1.54) is 16.9 Å². The molecular formula is C18H28N3O2S+. The van der Waals surface area contributed by atoms with Gasteiger partial charge in [-0.05, 0) is 44.6 Å². The van der Waals surface area contributed by atoms with Crippen LogP contribution in [-0.4, -0.2) is 29.7 Å². The maximum absolute atomic E-state index is 12.6. The minimum absolute atomic E-state index is 0.0385. The summed E-state index contributed by atoms with van der Waals surface area (Å²) in [5.74, 6) is 1.50. The first-order chi connectivity index (χ1) is 11.6. The second kappa shape index (κ2) is 7.76. The molecule has 0 bridgehead atoms. The average molecular weight is 351 g/mol. The van der Waals surface area contributed by atoms with Gasteiger partial charge in [-0.2, -0.15) is 0 Å². The minimum Gasteiger partial charge on any atom is -0.382 e. The van der Waals surface area contributed by atoms with Crippen molar-refractivity contribution in [2.75, 3.05) is 19.8 Å². The number of rotatable bonds is 7. The van der Waals surface area contributed by atoms with Crippen molar-refractivity contribution in [1.82, 2.24) is 9.97 Å². The van der Waals surface area contributed by atoms with Crippen LogP contribution in [0.15, 0.2) is 4.79 Å². The lowest BCUT2D eigenvalue weighted by Crippen LogP contribution is -2.85. The zero-order chi connectivity index (χ0) is 17.1. The van der Waals surface area contributed by atoms with Crippen LogP contribution in [0.4, 0.5) is 0 Å². The van der Waals surface area contributed by atoms with E-state index in [0.717, 1.165) is 55.1 Å². The summed E-state index contributed by atoms with van der Waals surface area (Å²) in [5.41, 5.74) is 1.29. The molecule has 1 aliphatic rings. The molecule has 1 aliphatic carbocycles. The van der Waals surface area contributed by atoms with Crippen molar-refractivity contribution in [3.05, 3.63) is 26.6 Å². The fraction of sp³-hybridized carbons (Fsp3) is 0.667. The summed E-state index contributed by atoms with van der Waals surface area (Å²) in [7, 11) is 0. The van der Waals surface area contributed by atoms with Gasteiger partial charge >= 0.3 is 0 Å². The largest absolute Gasteiger partial charge is 0.382 e. The first kappa shape index (κ1) is 17.6. The summed E-state index contributed by atoms with van der Waals surface area (Å²) in [4.78, 5) is 22.7. The van der Waals surface area contributed by atoms with Crippen molar-refractivity contribution in [1.29, 1.82) is 0 Å². The van der Waals surface area contributed by atoms with E-state index in [2.05, 4.69) is 24.1 Å². The van der Waals surface area contributed by atoms with Gasteiger partial charge in [-0.25, -0.2) is 4.98 Å². The molecule has 2 atom stereocenters. The summed E-state index contributed by atoms with van der Waals surface area (Å²) in [5, 5.41) is 3.06. The lowest BCUT2D eigenvalue weighted by atomic mass is 9.89. The molecule has 0 unspecified atom stereocenters. The highest BCUT2D eigenvalue weighted by molar-refractivity contribution is 7.18. The summed E-state index contributed by atoms with van der Waals surface area (Å²) >= 11 is 1.72. The van der Waals surface area contributed by atoms with E-state index in [1.54, 1.807) is 11.3 Å². The van der Waals surface area contributed by atoms with Gasteiger partial charge in [0.2, 0.25) is 0 Å². The molecule has 24 heavy (non-hydrogen) atoms. The Hall–Kier alpha value is -1.24. The molecule has 0 spiro atoms. The number of fused-ring (bicyclic) bond motifs is 3. The molecule has 2 aromatic heterocycles. The number of nitrogens with zero attached hydrogens (tertiary/aromatic N) is 1. The number of aromatic amines is 1. The highest BCUT2D eigenvalue weighted by Gasteiger charge is 2.24. The normalized spacial score (nSPS) is 18.7. The van der Waals surface area contributed by atoms with Crippen LogP contribution in [0.2, 0.25) is 0 Å². The Bertz CT molecular complexity index is 753. The second-order valence-corrected chi connectivity index (χ2v) is 7.93. The fourth-order valence-electron chi connectivity index (χ4n) is 3.39. The van der Waals surface area contributed by atoms with Crippen LogP contribution in [0.5, 0.6) is 0 Å². The fourth-order valence-corrected chi connectivity index (χ4v) is 4.78. The van der Waals surface area contributed by atoms with E-state index in [9.17, 15) is 4.79 Å². The van der Waals surface area contributed by atoms with E-state index < -0.39 is 0 Å². The number of H-pyrrole nitrogens is 1. The van der Waals surface area contributed by atoms with Crippen LogP contribution >= 0.6 is 11.3 Å². The van der Waals surface area contributed by atoms with Gasteiger partial charge in [0.1, 0.15) is 10.9 Å². The molecule has 132 valence electrons. The van der Waals surface area contributed by atoms with Crippen LogP contribution in [-0.2, 0) is 17.6 Å². The van der Waals surface area contributed by atoms with Gasteiger partial charge in [0.05, 0.1) is 18.5 Å². The van der Waals surface area contributed by atoms with E-state index in [-0.39, 0.29) is 11.6 Å². The Morgan fingerprint density at radius 1 is 1.50 bits per heavy atom. The van der Waals surface area contributed by atoms with Gasteiger partial charge in [0, 0.05) is 17.9 Å². The standard InChI is InChI=1S/C18H27N3O2S/c1-4-23-9-5-8-19-12(3)16-20-17(22)15-13-7-6-11(2)10-14(13)24-18(15)21-16/h11-12,19H,4-10H2,1-3H3,(H,20,21,22)/p+1/t11-,12-/m1/s1. The number of nitrogens with one attached hydrogen (secondary N) is 1. The molecule has 0 aliphatic heterocycles. The van der Waals surface area contributed by atoms with Crippen molar-refractivity contribution in [3.8, 4) is 0 Å².